The Morgan fingerprint density at radius 3 is 1.70 bits per heavy atom. The van der Waals surface area contributed by atoms with E-state index in [0.29, 0.717) is 5.56 Å². The van der Waals surface area contributed by atoms with Gasteiger partial charge in [0.25, 0.3) is 0 Å². The number of hydrogen-bond acceptors (Lipinski definition) is 4. The van der Waals surface area contributed by atoms with Gasteiger partial charge >= 0.3 is 0 Å². The van der Waals surface area contributed by atoms with Gasteiger partial charge in [-0.3, -0.25) is 4.79 Å². The molecule has 0 fully saturated rings. The van der Waals surface area contributed by atoms with Crippen LogP contribution in [0.2, 0.25) is 0 Å². The zero-order valence-electron chi connectivity index (χ0n) is 11.9. The summed E-state index contributed by atoms with van der Waals surface area (Å²) in [6, 6.07) is 14.9. The van der Waals surface area contributed by atoms with E-state index in [-0.39, 0.29) is 5.78 Å². The summed E-state index contributed by atoms with van der Waals surface area (Å²) in [5.74, 6) is 0.0489. The van der Waals surface area contributed by atoms with Crippen LogP contribution in [0.1, 0.15) is 17.3 Å². The largest absolute Gasteiger partial charge is 0.378 e. The number of hydrogen-bond donors (Lipinski definition) is 0. The smallest absolute Gasteiger partial charge is 0.159 e. The molecule has 0 aliphatic heterocycles. The van der Waals surface area contributed by atoms with E-state index in [4.69, 9.17) is 0 Å². The molecule has 0 radical (unpaired) electrons. The third-order valence-electron chi connectivity index (χ3n) is 2.92. The first-order chi connectivity index (χ1) is 9.56. The highest BCUT2D eigenvalue weighted by molar-refractivity contribution is 5.94. The highest BCUT2D eigenvalue weighted by Crippen LogP contribution is 2.21. The molecule has 0 aliphatic carbocycles. The van der Waals surface area contributed by atoms with Gasteiger partial charge in [0, 0.05) is 25.3 Å². The quantitative estimate of drug-likeness (QED) is 0.610. The van der Waals surface area contributed by atoms with Crippen molar-refractivity contribution in [3.8, 4) is 0 Å². The average Bonchev–Trinajstić information content (AvgIpc) is 2.46. The lowest BCUT2D eigenvalue weighted by Crippen LogP contribution is -2.07. The molecule has 0 N–H and O–H groups in total. The van der Waals surface area contributed by atoms with Crippen molar-refractivity contribution >= 4 is 22.8 Å². The molecule has 0 spiro atoms. The first kappa shape index (κ1) is 13.9. The maximum absolute atomic E-state index is 11.2. The van der Waals surface area contributed by atoms with Crippen molar-refractivity contribution in [2.45, 2.75) is 6.92 Å². The van der Waals surface area contributed by atoms with E-state index >= 15 is 0 Å². The Hall–Kier alpha value is -2.49. The number of carbonyl (C=O) groups is 1. The molecule has 2 aromatic carbocycles. The van der Waals surface area contributed by atoms with Gasteiger partial charge in [-0.05, 0) is 55.5 Å². The molecule has 0 unspecified atom stereocenters. The van der Waals surface area contributed by atoms with Crippen molar-refractivity contribution in [2.24, 2.45) is 10.2 Å². The number of nitrogens with zero attached hydrogens (tertiary/aromatic N) is 3. The molecule has 0 bridgehead atoms. The second-order valence-electron chi connectivity index (χ2n) is 4.71. The Kier molecular flexibility index (Phi) is 4.25. The fraction of sp³-hybridized carbons (Fsp3) is 0.188. The topological polar surface area (TPSA) is 45.0 Å². The molecular weight excluding hydrogens is 250 g/mol. The third-order valence-corrected chi connectivity index (χ3v) is 2.92. The normalized spacial score (nSPS) is 10.8. The summed E-state index contributed by atoms with van der Waals surface area (Å²) in [7, 11) is 3.99. The lowest BCUT2D eigenvalue weighted by molar-refractivity contribution is 0.101. The summed E-state index contributed by atoms with van der Waals surface area (Å²) < 4.78 is 0. The van der Waals surface area contributed by atoms with Gasteiger partial charge in [0.2, 0.25) is 0 Å². The van der Waals surface area contributed by atoms with Gasteiger partial charge in [0.1, 0.15) is 0 Å². The predicted molar refractivity (Wildman–Crippen MR) is 81.4 cm³/mol. The van der Waals surface area contributed by atoms with Crippen LogP contribution in [-0.4, -0.2) is 19.9 Å². The monoisotopic (exact) mass is 267 g/mol. The molecule has 0 saturated heterocycles. The van der Waals surface area contributed by atoms with Crippen LogP contribution in [0.4, 0.5) is 17.1 Å². The number of anilines is 1. The van der Waals surface area contributed by atoms with Crippen LogP contribution < -0.4 is 4.90 Å². The van der Waals surface area contributed by atoms with Gasteiger partial charge in [0.05, 0.1) is 11.4 Å². The third kappa shape index (κ3) is 3.51. The minimum atomic E-state index is 0.0489. The second kappa shape index (κ2) is 6.10. The Morgan fingerprint density at radius 1 is 0.850 bits per heavy atom. The Balaban J connectivity index is 2.10. The van der Waals surface area contributed by atoms with Crippen molar-refractivity contribution in [3.63, 3.8) is 0 Å². The average molecular weight is 267 g/mol. The Morgan fingerprint density at radius 2 is 1.30 bits per heavy atom. The second-order valence-corrected chi connectivity index (χ2v) is 4.71. The highest BCUT2D eigenvalue weighted by Gasteiger charge is 1.98. The summed E-state index contributed by atoms with van der Waals surface area (Å²) in [5.41, 5.74) is 3.33. The van der Waals surface area contributed by atoms with E-state index < -0.39 is 0 Å². The molecule has 0 saturated carbocycles. The minimum Gasteiger partial charge on any atom is -0.378 e. The molecule has 0 aromatic heterocycles. The van der Waals surface area contributed by atoms with E-state index in [1.54, 1.807) is 31.2 Å². The molecule has 20 heavy (non-hydrogen) atoms. The van der Waals surface area contributed by atoms with Crippen LogP contribution in [-0.2, 0) is 0 Å². The molecule has 2 rings (SSSR count). The molecule has 0 heterocycles. The Labute approximate surface area is 118 Å². The highest BCUT2D eigenvalue weighted by atomic mass is 16.1. The first-order valence-electron chi connectivity index (χ1n) is 6.36. The van der Waals surface area contributed by atoms with Crippen LogP contribution in [0.5, 0.6) is 0 Å². The minimum absolute atomic E-state index is 0.0489. The maximum atomic E-state index is 11.2. The van der Waals surface area contributed by atoms with Crippen LogP contribution >= 0.6 is 0 Å². The van der Waals surface area contributed by atoms with Crippen molar-refractivity contribution in [1.82, 2.24) is 0 Å². The number of azo groups is 1. The number of Topliss-reactive ketones (excluding diaryl/α,β-unsaturated/α-hetero) is 1. The van der Waals surface area contributed by atoms with Gasteiger partial charge < -0.3 is 4.90 Å². The molecule has 0 amide bonds. The van der Waals surface area contributed by atoms with E-state index in [2.05, 4.69) is 10.2 Å². The zero-order chi connectivity index (χ0) is 14.5. The van der Waals surface area contributed by atoms with Crippen LogP contribution in [0, 0.1) is 0 Å². The predicted octanol–water partition coefficient (Wildman–Crippen LogP) is 4.37. The number of rotatable bonds is 4. The summed E-state index contributed by atoms with van der Waals surface area (Å²) >= 11 is 0. The SMILES string of the molecule is CC(=O)c1ccc(/N=N/c2ccc(N(C)C)cc2)cc1. The number of carbonyl (C=O) groups excluding carboxylic acids is 1. The first-order valence-corrected chi connectivity index (χ1v) is 6.36. The molecule has 0 aliphatic rings. The van der Waals surface area contributed by atoms with Crippen LogP contribution in [0.15, 0.2) is 58.8 Å². The van der Waals surface area contributed by atoms with Crippen molar-refractivity contribution < 1.29 is 4.79 Å². The molecule has 0 atom stereocenters. The van der Waals surface area contributed by atoms with Gasteiger partial charge in [-0.2, -0.15) is 10.2 Å². The molecule has 4 heteroatoms. The standard InChI is InChI=1S/C16H17N3O/c1-12(20)13-4-6-14(7-5-13)17-18-15-8-10-16(11-9-15)19(2)3/h4-11H,1-3H3/b18-17+. The molecule has 102 valence electrons. The molecule has 2 aromatic rings. The number of benzene rings is 2. The van der Waals surface area contributed by atoms with Gasteiger partial charge in [0.15, 0.2) is 5.78 Å². The van der Waals surface area contributed by atoms with Crippen molar-refractivity contribution in [1.29, 1.82) is 0 Å². The van der Waals surface area contributed by atoms with Crippen molar-refractivity contribution in [3.05, 3.63) is 54.1 Å². The summed E-state index contributed by atoms with van der Waals surface area (Å²) in [4.78, 5) is 13.2. The lowest BCUT2D eigenvalue weighted by atomic mass is 10.1. The van der Waals surface area contributed by atoms with Gasteiger partial charge in [-0.1, -0.05) is 0 Å². The van der Waals surface area contributed by atoms with E-state index in [0.717, 1.165) is 17.1 Å². The van der Waals surface area contributed by atoms with E-state index in [9.17, 15) is 4.79 Å². The number of ketones is 1. The molecule has 4 nitrogen and oxygen atoms in total. The summed E-state index contributed by atoms with van der Waals surface area (Å²) in [6.45, 7) is 1.54. The Bertz CT molecular complexity index is 613. The summed E-state index contributed by atoms with van der Waals surface area (Å²) in [6.07, 6.45) is 0. The van der Waals surface area contributed by atoms with Gasteiger partial charge in [-0.15, -0.1) is 0 Å². The van der Waals surface area contributed by atoms with Gasteiger partial charge in [-0.25, -0.2) is 0 Å². The lowest BCUT2D eigenvalue weighted by Gasteiger charge is -2.11. The van der Waals surface area contributed by atoms with Crippen molar-refractivity contribution in [2.75, 3.05) is 19.0 Å². The fourth-order valence-electron chi connectivity index (χ4n) is 1.70. The van der Waals surface area contributed by atoms with E-state index in [1.807, 2.05) is 43.3 Å². The van der Waals surface area contributed by atoms with E-state index in [1.165, 1.54) is 0 Å². The maximum Gasteiger partial charge on any atom is 0.159 e. The van der Waals surface area contributed by atoms with Crippen LogP contribution in [0.3, 0.4) is 0 Å². The van der Waals surface area contributed by atoms with Crippen LogP contribution in [0.25, 0.3) is 0 Å². The fourth-order valence-corrected chi connectivity index (χ4v) is 1.70. The zero-order valence-corrected chi connectivity index (χ0v) is 11.9. The summed E-state index contributed by atoms with van der Waals surface area (Å²) in [5, 5.41) is 8.32. The molecular formula is C16H17N3O.